The van der Waals surface area contributed by atoms with Crippen molar-refractivity contribution in [3.8, 4) is 0 Å². The van der Waals surface area contributed by atoms with E-state index in [0.29, 0.717) is 5.56 Å². The highest BCUT2D eigenvalue weighted by atomic mass is 16.6. The van der Waals surface area contributed by atoms with Crippen molar-refractivity contribution in [1.29, 1.82) is 0 Å². The van der Waals surface area contributed by atoms with Crippen LogP contribution in [0.2, 0.25) is 0 Å². The Bertz CT molecular complexity index is 461. The van der Waals surface area contributed by atoms with E-state index in [1.54, 1.807) is 18.2 Å². The summed E-state index contributed by atoms with van der Waals surface area (Å²) in [5.41, 5.74) is 5.96. The third-order valence-electron chi connectivity index (χ3n) is 2.73. The number of nitro groups is 1. The number of carbonyl (C=O) groups is 1. The van der Waals surface area contributed by atoms with Gasteiger partial charge in [-0.25, -0.2) is 0 Å². The van der Waals surface area contributed by atoms with Crippen molar-refractivity contribution in [3.05, 3.63) is 39.9 Å². The number of benzene rings is 1. The van der Waals surface area contributed by atoms with Crippen LogP contribution in [0, 0.1) is 10.1 Å². The van der Waals surface area contributed by atoms with Crippen molar-refractivity contribution in [1.82, 2.24) is 5.32 Å². The number of hydrogen-bond acceptors (Lipinski definition) is 4. The number of carbonyl (C=O) groups excluding carboxylic acids is 1. The Morgan fingerprint density at radius 3 is 2.76 bits per heavy atom. The largest absolute Gasteiger partial charge is 0.351 e. The lowest BCUT2D eigenvalue weighted by Crippen LogP contribution is -2.31. The van der Waals surface area contributed by atoms with E-state index in [2.05, 4.69) is 5.32 Å². The normalized spacial score (nSPS) is 21.9. The van der Waals surface area contributed by atoms with Crippen LogP contribution >= 0.6 is 0 Å². The van der Waals surface area contributed by atoms with Crippen LogP contribution in [0.1, 0.15) is 12.0 Å². The van der Waals surface area contributed by atoms with Gasteiger partial charge in [0.2, 0.25) is 5.91 Å². The molecule has 0 radical (unpaired) electrons. The Labute approximate surface area is 98.0 Å². The Morgan fingerprint density at radius 1 is 1.53 bits per heavy atom. The molecular weight excluding hydrogens is 222 g/mol. The third kappa shape index (κ3) is 2.79. The Kier molecular flexibility index (Phi) is 3.06. The average Bonchev–Trinajstić information content (AvgIpc) is 2.94. The molecule has 0 aliphatic heterocycles. The maximum Gasteiger partial charge on any atom is 0.273 e. The molecule has 17 heavy (non-hydrogen) atoms. The molecule has 6 nitrogen and oxygen atoms in total. The van der Waals surface area contributed by atoms with Crippen molar-refractivity contribution in [2.45, 2.75) is 24.9 Å². The molecule has 0 aromatic heterocycles. The number of nitro benzene ring substituents is 1. The molecule has 1 amide bonds. The fraction of sp³-hybridized carbons (Fsp3) is 0.364. The zero-order valence-corrected chi connectivity index (χ0v) is 9.13. The van der Waals surface area contributed by atoms with E-state index >= 15 is 0 Å². The number of nitrogens with two attached hydrogens (primary N) is 1. The second kappa shape index (κ2) is 4.50. The fourth-order valence-corrected chi connectivity index (χ4v) is 1.65. The molecule has 2 unspecified atom stereocenters. The van der Waals surface area contributed by atoms with Crippen molar-refractivity contribution in [2.75, 3.05) is 0 Å². The van der Waals surface area contributed by atoms with E-state index in [9.17, 15) is 14.9 Å². The first kappa shape index (κ1) is 11.5. The minimum atomic E-state index is -0.481. The Morgan fingerprint density at radius 2 is 2.18 bits per heavy atom. The molecule has 1 aromatic carbocycles. The summed E-state index contributed by atoms with van der Waals surface area (Å²) in [5.74, 6) is -0.225. The summed E-state index contributed by atoms with van der Waals surface area (Å²) in [7, 11) is 0. The summed E-state index contributed by atoms with van der Waals surface area (Å²) in [5, 5.41) is 13.5. The second-order valence-corrected chi connectivity index (χ2v) is 4.14. The molecule has 1 aromatic rings. The summed E-state index contributed by atoms with van der Waals surface area (Å²) >= 11 is 0. The van der Waals surface area contributed by atoms with Crippen LogP contribution in [0.4, 0.5) is 5.69 Å². The first-order valence-corrected chi connectivity index (χ1v) is 5.35. The lowest BCUT2D eigenvalue weighted by atomic mass is 10.1. The van der Waals surface area contributed by atoms with Gasteiger partial charge in [0.1, 0.15) is 0 Å². The highest BCUT2D eigenvalue weighted by Gasteiger charge is 2.34. The van der Waals surface area contributed by atoms with Gasteiger partial charge in [-0.2, -0.15) is 0 Å². The standard InChI is InChI=1S/C11H13N3O3/c12-8-6-9(8)13-11(15)5-7-3-1-2-4-10(7)14(16)17/h1-4,8-9H,5-6,12H2,(H,13,15). The van der Waals surface area contributed by atoms with Crippen molar-refractivity contribution >= 4 is 11.6 Å². The molecule has 3 N–H and O–H groups in total. The quantitative estimate of drug-likeness (QED) is 0.581. The fourth-order valence-electron chi connectivity index (χ4n) is 1.65. The van der Waals surface area contributed by atoms with Crippen LogP contribution in [0.5, 0.6) is 0 Å². The van der Waals surface area contributed by atoms with Crippen LogP contribution in [0.3, 0.4) is 0 Å². The van der Waals surface area contributed by atoms with Gasteiger partial charge < -0.3 is 11.1 Å². The SMILES string of the molecule is NC1CC1NC(=O)Cc1ccccc1[N+](=O)[O-]. The van der Waals surface area contributed by atoms with Crippen molar-refractivity contribution < 1.29 is 9.72 Å². The smallest absolute Gasteiger partial charge is 0.273 e. The van der Waals surface area contributed by atoms with Gasteiger partial charge in [-0.1, -0.05) is 18.2 Å². The van der Waals surface area contributed by atoms with Crippen LogP contribution in [0.25, 0.3) is 0 Å². The number of rotatable bonds is 4. The second-order valence-electron chi connectivity index (χ2n) is 4.14. The Balaban J connectivity index is 2.02. The monoisotopic (exact) mass is 235 g/mol. The summed E-state index contributed by atoms with van der Waals surface area (Å²) in [6, 6.07) is 6.31. The van der Waals surface area contributed by atoms with E-state index < -0.39 is 4.92 Å². The van der Waals surface area contributed by atoms with Gasteiger partial charge in [0.05, 0.1) is 11.3 Å². The van der Waals surface area contributed by atoms with E-state index in [0.717, 1.165) is 6.42 Å². The van der Waals surface area contributed by atoms with Gasteiger partial charge in [-0.3, -0.25) is 14.9 Å². The van der Waals surface area contributed by atoms with Crippen LogP contribution < -0.4 is 11.1 Å². The lowest BCUT2D eigenvalue weighted by Gasteiger charge is -2.04. The van der Waals surface area contributed by atoms with Crippen LogP contribution in [-0.4, -0.2) is 22.9 Å². The van der Waals surface area contributed by atoms with E-state index in [1.165, 1.54) is 6.07 Å². The average molecular weight is 235 g/mol. The van der Waals surface area contributed by atoms with Gasteiger partial charge in [0, 0.05) is 23.7 Å². The topological polar surface area (TPSA) is 98.3 Å². The molecule has 1 aliphatic rings. The van der Waals surface area contributed by atoms with Crippen LogP contribution in [-0.2, 0) is 11.2 Å². The number of para-hydroxylation sites is 1. The van der Waals surface area contributed by atoms with Gasteiger partial charge in [0.15, 0.2) is 0 Å². The van der Waals surface area contributed by atoms with Gasteiger partial charge in [-0.15, -0.1) is 0 Å². The molecule has 0 spiro atoms. The summed E-state index contributed by atoms with van der Waals surface area (Å²) < 4.78 is 0. The number of nitrogens with zero attached hydrogens (tertiary/aromatic N) is 1. The van der Waals surface area contributed by atoms with E-state index in [4.69, 9.17) is 5.73 Å². The van der Waals surface area contributed by atoms with E-state index in [-0.39, 0.29) is 30.1 Å². The molecule has 90 valence electrons. The molecule has 0 bridgehead atoms. The zero-order chi connectivity index (χ0) is 12.4. The number of hydrogen-bond donors (Lipinski definition) is 2. The predicted molar refractivity (Wildman–Crippen MR) is 61.3 cm³/mol. The lowest BCUT2D eigenvalue weighted by molar-refractivity contribution is -0.385. The highest BCUT2D eigenvalue weighted by Crippen LogP contribution is 2.20. The molecule has 6 heteroatoms. The first-order chi connectivity index (χ1) is 8.08. The molecule has 2 atom stereocenters. The molecular formula is C11H13N3O3. The maximum absolute atomic E-state index is 11.6. The van der Waals surface area contributed by atoms with Crippen molar-refractivity contribution in [3.63, 3.8) is 0 Å². The minimum Gasteiger partial charge on any atom is -0.351 e. The van der Waals surface area contributed by atoms with E-state index in [1.807, 2.05) is 0 Å². The molecule has 0 heterocycles. The molecule has 0 saturated heterocycles. The number of amides is 1. The summed E-state index contributed by atoms with van der Waals surface area (Å²) in [6.45, 7) is 0. The van der Waals surface area contributed by atoms with Gasteiger partial charge >= 0.3 is 0 Å². The number of nitrogens with one attached hydrogen (secondary N) is 1. The first-order valence-electron chi connectivity index (χ1n) is 5.35. The minimum absolute atomic E-state index is 0.0143. The Hall–Kier alpha value is -1.95. The van der Waals surface area contributed by atoms with Gasteiger partial charge in [0.25, 0.3) is 5.69 Å². The third-order valence-corrected chi connectivity index (χ3v) is 2.73. The molecule has 1 fully saturated rings. The van der Waals surface area contributed by atoms with Gasteiger partial charge in [-0.05, 0) is 6.42 Å². The molecule has 2 rings (SSSR count). The summed E-state index contributed by atoms with van der Waals surface area (Å²) in [4.78, 5) is 21.9. The maximum atomic E-state index is 11.6. The van der Waals surface area contributed by atoms with Crippen molar-refractivity contribution in [2.24, 2.45) is 5.73 Å². The van der Waals surface area contributed by atoms with Crippen LogP contribution in [0.15, 0.2) is 24.3 Å². The molecule has 1 aliphatic carbocycles. The zero-order valence-electron chi connectivity index (χ0n) is 9.13. The highest BCUT2D eigenvalue weighted by molar-refractivity contribution is 5.80. The predicted octanol–water partition coefficient (Wildman–Crippen LogP) is 0.353. The summed E-state index contributed by atoms with van der Waals surface area (Å²) in [6.07, 6.45) is 0.795. The molecule has 1 saturated carbocycles.